The number of nitrogens with zero attached hydrogens (tertiary/aromatic N) is 2. The molecule has 0 aliphatic rings. The van der Waals surface area contributed by atoms with Crippen LogP contribution in [-0.4, -0.2) is 21.9 Å². The van der Waals surface area contributed by atoms with Gasteiger partial charge in [0.15, 0.2) is 0 Å². The van der Waals surface area contributed by atoms with Crippen LogP contribution in [0.15, 0.2) is 82.4 Å². The van der Waals surface area contributed by atoms with Crippen LogP contribution in [0.1, 0.15) is 42.8 Å². The molecule has 31 heavy (non-hydrogen) atoms. The lowest BCUT2D eigenvalue weighted by Gasteiger charge is -2.14. The second-order valence-corrected chi connectivity index (χ2v) is 8.59. The molecule has 4 aromatic rings. The van der Waals surface area contributed by atoms with E-state index in [0.717, 1.165) is 5.56 Å². The second-order valence-electron chi connectivity index (χ2n) is 7.66. The Hall–Kier alpha value is -3.12. The minimum Gasteiger partial charge on any atom is -0.416 e. The molecular formula is C25H25N3O2S. The Balaban J connectivity index is 1.28. The van der Waals surface area contributed by atoms with E-state index in [4.69, 9.17) is 4.42 Å². The van der Waals surface area contributed by atoms with Gasteiger partial charge in [0, 0.05) is 6.42 Å². The average Bonchev–Trinajstić information content (AvgIpc) is 3.25. The highest BCUT2D eigenvalue weighted by Gasteiger charge is 2.15. The Morgan fingerprint density at radius 2 is 1.68 bits per heavy atom. The number of thioether (sulfide) groups is 1. The molecule has 0 spiro atoms. The summed E-state index contributed by atoms with van der Waals surface area (Å²) in [6.07, 6.45) is 0.669. The molecule has 0 bridgehead atoms. The molecule has 6 heteroatoms. The Morgan fingerprint density at radius 1 is 0.935 bits per heavy atom. The van der Waals surface area contributed by atoms with E-state index in [9.17, 15) is 4.79 Å². The molecule has 2 atom stereocenters. The van der Waals surface area contributed by atoms with E-state index in [1.54, 1.807) is 0 Å². The summed E-state index contributed by atoms with van der Waals surface area (Å²) in [5, 5.41) is 14.0. The summed E-state index contributed by atoms with van der Waals surface area (Å²) in [6, 6.07) is 24.6. The molecule has 0 saturated heterocycles. The second kappa shape index (κ2) is 9.79. The van der Waals surface area contributed by atoms with Crippen LogP contribution in [0.3, 0.4) is 0 Å². The van der Waals surface area contributed by atoms with Crippen LogP contribution in [0.4, 0.5) is 0 Å². The molecule has 4 rings (SSSR count). The lowest BCUT2D eigenvalue weighted by atomic mass is 9.98. The number of carbonyl (C=O) groups is 1. The third kappa shape index (κ3) is 5.52. The van der Waals surface area contributed by atoms with Gasteiger partial charge in [0.1, 0.15) is 0 Å². The molecule has 1 amide bonds. The summed E-state index contributed by atoms with van der Waals surface area (Å²) < 4.78 is 5.72. The van der Waals surface area contributed by atoms with Gasteiger partial charge in [-0.2, -0.15) is 0 Å². The number of benzene rings is 3. The Bertz CT molecular complexity index is 1160. The van der Waals surface area contributed by atoms with Crippen molar-refractivity contribution in [3.8, 4) is 0 Å². The number of carbonyl (C=O) groups excluding carboxylic acids is 1. The first-order chi connectivity index (χ1) is 15.1. The molecule has 3 aromatic carbocycles. The van der Waals surface area contributed by atoms with E-state index in [0.29, 0.717) is 17.5 Å². The first kappa shape index (κ1) is 21.1. The number of hydrogen-bond donors (Lipinski definition) is 1. The Morgan fingerprint density at radius 3 is 2.48 bits per heavy atom. The fraction of sp³-hybridized carbons (Fsp3) is 0.240. The number of rotatable bonds is 8. The van der Waals surface area contributed by atoms with Crippen LogP contribution in [-0.2, 0) is 11.2 Å². The third-order valence-corrected chi connectivity index (χ3v) is 6.09. The van der Waals surface area contributed by atoms with Gasteiger partial charge < -0.3 is 9.73 Å². The molecular weight excluding hydrogens is 406 g/mol. The Kier molecular flexibility index (Phi) is 6.67. The number of aromatic nitrogens is 2. The summed E-state index contributed by atoms with van der Waals surface area (Å²) in [5.74, 6) is 1.03. The standard InChI is InChI=1S/C25H25N3O2S/c1-17(19-8-4-3-5-9-19)14-24-27-28-25(30-24)31-16-23(29)26-18(2)21-13-12-20-10-6-7-11-22(20)15-21/h3-13,15,17-18H,14,16H2,1-2H3,(H,26,29). The van der Waals surface area contributed by atoms with Gasteiger partial charge >= 0.3 is 0 Å². The molecule has 2 unspecified atom stereocenters. The topological polar surface area (TPSA) is 68.0 Å². The monoisotopic (exact) mass is 431 g/mol. The van der Waals surface area contributed by atoms with Crippen molar-refractivity contribution in [1.82, 2.24) is 15.5 Å². The number of fused-ring (bicyclic) bond motifs is 1. The SMILES string of the molecule is CC(Cc1nnc(SCC(=O)NC(C)c2ccc3ccccc3c2)o1)c1ccccc1. The van der Waals surface area contributed by atoms with Crippen molar-refractivity contribution >= 4 is 28.4 Å². The first-order valence-electron chi connectivity index (χ1n) is 10.4. The maximum atomic E-state index is 12.4. The maximum Gasteiger partial charge on any atom is 0.277 e. The molecule has 0 radical (unpaired) electrons. The zero-order valence-electron chi connectivity index (χ0n) is 17.6. The zero-order chi connectivity index (χ0) is 21.6. The highest BCUT2D eigenvalue weighted by molar-refractivity contribution is 7.99. The largest absolute Gasteiger partial charge is 0.416 e. The van der Waals surface area contributed by atoms with Crippen LogP contribution in [0.2, 0.25) is 0 Å². The molecule has 158 valence electrons. The van der Waals surface area contributed by atoms with Crippen LogP contribution in [0.5, 0.6) is 0 Å². The quantitative estimate of drug-likeness (QED) is 0.371. The highest BCUT2D eigenvalue weighted by Crippen LogP contribution is 2.23. The van der Waals surface area contributed by atoms with Gasteiger partial charge in [-0.05, 0) is 40.8 Å². The van der Waals surface area contributed by atoms with Gasteiger partial charge in [0.05, 0.1) is 11.8 Å². The average molecular weight is 432 g/mol. The Labute approximate surface area is 186 Å². The van der Waals surface area contributed by atoms with E-state index < -0.39 is 0 Å². The summed E-state index contributed by atoms with van der Waals surface area (Å²) in [6.45, 7) is 4.12. The summed E-state index contributed by atoms with van der Waals surface area (Å²) in [7, 11) is 0. The normalized spacial score (nSPS) is 13.1. The van der Waals surface area contributed by atoms with Gasteiger partial charge in [0.2, 0.25) is 11.8 Å². The van der Waals surface area contributed by atoms with E-state index in [-0.39, 0.29) is 23.6 Å². The van der Waals surface area contributed by atoms with Crippen LogP contribution >= 0.6 is 11.8 Å². The summed E-state index contributed by atoms with van der Waals surface area (Å²) in [4.78, 5) is 12.4. The first-order valence-corrected chi connectivity index (χ1v) is 11.4. The fourth-order valence-electron chi connectivity index (χ4n) is 3.51. The minimum atomic E-state index is -0.0809. The molecule has 1 N–H and O–H groups in total. The lowest BCUT2D eigenvalue weighted by Crippen LogP contribution is -2.28. The minimum absolute atomic E-state index is 0.0666. The van der Waals surface area contributed by atoms with Crippen molar-refractivity contribution in [2.75, 3.05) is 5.75 Å². The van der Waals surface area contributed by atoms with E-state index in [1.165, 1.54) is 28.1 Å². The van der Waals surface area contributed by atoms with Gasteiger partial charge in [0.25, 0.3) is 5.22 Å². The van der Waals surface area contributed by atoms with Crippen molar-refractivity contribution in [3.05, 3.63) is 89.8 Å². The maximum absolute atomic E-state index is 12.4. The molecule has 5 nitrogen and oxygen atoms in total. The van der Waals surface area contributed by atoms with Crippen LogP contribution < -0.4 is 5.32 Å². The highest BCUT2D eigenvalue weighted by atomic mass is 32.2. The summed E-state index contributed by atoms with van der Waals surface area (Å²) >= 11 is 1.26. The van der Waals surface area contributed by atoms with Crippen molar-refractivity contribution in [2.24, 2.45) is 0 Å². The molecule has 0 fully saturated rings. The van der Waals surface area contributed by atoms with Gasteiger partial charge in [-0.25, -0.2) is 0 Å². The van der Waals surface area contributed by atoms with Crippen molar-refractivity contribution in [2.45, 2.75) is 37.5 Å². The molecule has 0 aliphatic heterocycles. The fourth-order valence-corrected chi connectivity index (χ4v) is 4.10. The molecule has 1 heterocycles. The molecule has 1 aromatic heterocycles. The van der Waals surface area contributed by atoms with Crippen molar-refractivity contribution in [1.29, 1.82) is 0 Å². The van der Waals surface area contributed by atoms with Crippen LogP contribution in [0, 0.1) is 0 Å². The van der Waals surface area contributed by atoms with Gasteiger partial charge in [-0.3, -0.25) is 4.79 Å². The number of hydrogen-bond acceptors (Lipinski definition) is 5. The third-order valence-electron chi connectivity index (χ3n) is 5.28. The number of nitrogens with one attached hydrogen (secondary N) is 1. The zero-order valence-corrected chi connectivity index (χ0v) is 18.4. The van der Waals surface area contributed by atoms with Crippen molar-refractivity contribution in [3.63, 3.8) is 0 Å². The van der Waals surface area contributed by atoms with Gasteiger partial charge in [-0.1, -0.05) is 85.4 Å². The number of amides is 1. The smallest absolute Gasteiger partial charge is 0.277 e. The van der Waals surface area contributed by atoms with Crippen molar-refractivity contribution < 1.29 is 9.21 Å². The lowest BCUT2D eigenvalue weighted by molar-refractivity contribution is -0.119. The predicted octanol–water partition coefficient (Wildman–Crippen LogP) is 5.54. The van der Waals surface area contributed by atoms with Gasteiger partial charge in [-0.15, -0.1) is 10.2 Å². The summed E-state index contributed by atoms with van der Waals surface area (Å²) in [5.41, 5.74) is 2.31. The van der Waals surface area contributed by atoms with Crippen LogP contribution in [0.25, 0.3) is 10.8 Å². The van der Waals surface area contributed by atoms with E-state index >= 15 is 0 Å². The van der Waals surface area contributed by atoms with E-state index in [2.05, 4.69) is 64.9 Å². The van der Waals surface area contributed by atoms with E-state index in [1.807, 2.05) is 37.3 Å². The molecule has 0 saturated carbocycles. The molecule has 0 aliphatic carbocycles. The predicted molar refractivity (Wildman–Crippen MR) is 124 cm³/mol.